The summed E-state index contributed by atoms with van der Waals surface area (Å²) in [5.74, 6) is 0.598. The third-order valence-electron chi connectivity index (χ3n) is 3.71. The Morgan fingerprint density at radius 1 is 1.42 bits per heavy atom. The molecule has 1 N–H and O–H groups in total. The third-order valence-corrected chi connectivity index (χ3v) is 4.12. The van der Waals surface area contributed by atoms with E-state index in [0.717, 1.165) is 24.1 Å². The molecule has 1 aliphatic rings. The highest BCUT2D eigenvalue weighted by molar-refractivity contribution is 9.10. The van der Waals surface area contributed by atoms with E-state index in [1.54, 1.807) is 0 Å². The van der Waals surface area contributed by atoms with E-state index in [9.17, 15) is 0 Å². The van der Waals surface area contributed by atoms with Crippen molar-refractivity contribution in [3.63, 3.8) is 0 Å². The Kier molecular flexibility index (Phi) is 3.98. The van der Waals surface area contributed by atoms with Gasteiger partial charge in [0, 0.05) is 37.1 Å². The van der Waals surface area contributed by atoms with Crippen molar-refractivity contribution in [3.05, 3.63) is 34.8 Å². The number of rotatable bonds is 4. The number of piperidine rings is 1. The van der Waals surface area contributed by atoms with Crippen molar-refractivity contribution < 1.29 is 0 Å². The lowest BCUT2D eigenvalue weighted by Gasteiger charge is -2.32. The zero-order chi connectivity index (χ0) is 13.1. The Labute approximate surface area is 121 Å². The molecule has 3 heterocycles. The normalized spacial score (nSPS) is 20.8. The molecule has 0 spiro atoms. The molecule has 1 saturated heterocycles. The number of hydrogen-bond donors (Lipinski definition) is 1. The van der Waals surface area contributed by atoms with Crippen LogP contribution < -0.4 is 0 Å². The smallest absolute Gasteiger partial charge is 0.0632 e. The highest BCUT2D eigenvalue weighted by Gasteiger charge is 2.21. The summed E-state index contributed by atoms with van der Waals surface area (Å²) in [5, 5.41) is 11.5. The molecule has 102 valence electrons. The van der Waals surface area contributed by atoms with Crippen LogP contribution in [0.3, 0.4) is 0 Å². The number of nitrogens with one attached hydrogen (secondary N) is 1. The Hall–Kier alpha value is -1.14. The Morgan fingerprint density at radius 3 is 3.11 bits per heavy atom. The van der Waals surface area contributed by atoms with Gasteiger partial charge in [-0.3, -0.25) is 9.78 Å². The minimum Gasteiger partial charge on any atom is -0.301 e. The summed E-state index contributed by atoms with van der Waals surface area (Å²) in [6, 6.07) is 2.10. The molecule has 19 heavy (non-hydrogen) atoms. The summed E-state index contributed by atoms with van der Waals surface area (Å²) in [7, 11) is 0. The van der Waals surface area contributed by atoms with Gasteiger partial charge in [0.15, 0.2) is 0 Å². The van der Waals surface area contributed by atoms with E-state index in [-0.39, 0.29) is 0 Å². The number of halogens is 1. The minimum absolute atomic E-state index is 0.598. The van der Waals surface area contributed by atoms with Crippen LogP contribution in [0, 0.1) is 0 Å². The number of hydrogen-bond acceptors (Lipinski definition) is 3. The first-order valence-electron chi connectivity index (χ1n) is 6.71. The maximum Gasteiger partial charge on any atom is 0.0632 e. The molecule has 0 saturated carbocycles. The summed E-state index contributed by atoms with van der Waals surface area (Å²) in [6.45, 7) is 4.30. The topological polar surface area (TPSA) is 49.7 Å². The first-order valence-corrected chi connectivity index (χ1v) is 7.50. The molecule has 0 radical (unpaired) electrons. The Morgan fingerprint density at radius 2 is 2.37 bits per heavy atom. The van der Waals surface area contributed by atoms with Crippen molar-refractivity contribution in [2.24, 2.45) is 0 Å². The molecule has 1 fully saturated rings. The van der Waals surface area contributed by atoms with Crippen LogP contribution in [0.15, 0.2) is 29.1 Å². The molecule has 3 rings (SSSR count). The molecule has 5 nitrogen and oxygen atoms in total. The lowest BCUT2D eigenvalue weighted by atomic mass is 9.95. The average molecular weight is 324 g/mol. The van der Waals surface area contributed by atoms with E-state index in [4.69, 9.17) is 0 Å². The molecule has 2 aromatic heterocycles. The fourth-order valence-electron chi connectivity index (χ4n) is 2.71. The fourth-order valence-corrected chi connectivity index (χ4v) is 3.04. The van der Waals surface area contributed by atoms with Crippen molar-refractivity contribution >= 4 is 15.9 Å². The van der Waals surface area contributed by atoms with Crippen molar-refractivity contribution in [3.8, 4) is 0 Å². The molecule has 0 aliphatic carbocycles. The SMILES string of the molecule is Brc1cnn(CCN2CCC[C@H](c3ccn[nH]3)C2)c1. The molecule has 2 aromatic rings. The van der Waals surface area contributed by atoms with E-state index in [2.05, 4.69) is 42.2 Å². The van der Waals surface area contributed by atoms with Crippen molar-refractivity contribution in [2.75, 3.05) is 19.6 Å². The molecule has 0 amide bonds. The number of nitrogens with zero attached hydrogens (tertiary/aromatic N) is 4. The number of aromatic nitrogens is 4. The summed E-state index contributed by atoms with van der Waals surface area (Å²) >= 11 is 3.43. The minimum atomic E-state index is 0.598. The second kappa shape index (κ2) is 5.88. The van der Waals surface area contributed by atoms with Crippen molar-refractivity contribution in [1.29, 1.82) is 0 Å². The van der Waals surface area contributed by atoms with Gasteiger partial charge < -0.3 is 4.90 Å². The van der Waals surface area contributed by atoms with E-state index < -0.39 is 0 Å². The number of H-pyrrole nitrogens is 1. The van der Waals surface area contributed by atoms with Crippen LogP contribution in [-0.2, 0) is 6.54 Å². The number of likely N-dealkylation sites (tertiary alicyclic amines) is 1. The highest BCUT2D eigenvalue weighted by Crippen LogP contribution is 2.24. The van der Waals surface area contributed by atoms with E-state index in [1.165, 1.54) is 25.1 Å². The number of aromatic amines is 1. The van der Waals surface area contributed by atoms with Gasteiger partial charge >= 0.3 is 0 Å². The van der Waals surface area contributed by atoms with Gasteiger partial charge in [0.2, 0.25) is 0 Å². The van der Waals surface area contributed by atoms with Gasteiger partial charge in [-0.2, -0.15) is 10.2 Å². The van der Waals surface area contributed by atoms with Crippen LogP contribution in [0.1, 0.15) is 24.5 Å². The predicted molar refractivity (Wildman–Crippen MR) is 76.9 cm³/mol. The average Bonchev–Trinajstić information content (AvgIpc) is 3.08. The van der Waals surface area contributed by atoms with Crippen LogP contribution in [-0.4, -0.2) is 44.5 Å². The van der Waals surface area contributed by atoms with Crippen LogP contribution in [0.4, 0.5) is 0 Å². The van der Waals surface area contributed by atoms with Gasteiger partial charge in [-0.25, -0.2) is 0 Å². The zero-order valence-electron chi connectivity index (χ0n) is 10.8. The van der Waals surface area contributed by atoms with E-state index in [0.29, 0.717) is 5.92 Å². The largest absolute Gasteiger partial charge is 0.301 e. The molecule has 0 aromatic carbocycles. The molecular weight excluding hydrogens is 306 g/mol. The fraction of sp³-hybridized carbons (Fsp3) is 0.538. The first kappa shape index (κ1) is 12.9. The highest BCUT2D eigenvalue weighted by atomic mass is 79.9. The standard InChI is InChI=1S/C13H18BrN5/c14-12-8-16-19(10-12)7-6-18-5-1-2-11(9-18)13-3-4-15-17-13/h3-4,8,10-11H,1-2,5-7,9H2,(H,15,17)/t11-/m0/s1. The van der Waals surface area contributed by atoms with Gasteiger partial charge in [-0.05, 0) is 41.4 Å². The lowest BCUT2D eigenvalue weighted by molar-refractivity contribution is 0.197. The van der Waals surface area contributed by atoms with Gasteiger partial charge in [0.05, 0.1) is 17.2 Å². The Balaban J connectivity index is 1.54. The van der Waals surface area contributed by atoms with Crippen LogP contribution in [0.2, 0.25) is 0 Å². The van der Waals surface area contributed by atoms with Crippen LogP contribution in [0.5, 0.6) is 0 Å². The van der Waals surface area contributed by atoms with Crippen LogP contribution >= 0.6 is 15.9 Å². The van der Waals surface area contributed by atoms with Crippen molar-refractivity contribution in [1.82, 2.24) is 24.9 Å². The van der Waals surface area contributed by atoms with Gasteiger partial charge in [0.25, 0.3) is 0 Å². The summed E-state index contributed by atoms with van der Waals surface area (Å²) in [6.07, 6.45) is 8.22. The van der Waals surface area contributed by atoms with Gasteiger partial charge in [-0.15, -0.1) is 0 Å². The van der Waals surface area contributed by atoms with E-state index >= 15 is 0 Å². The molecule has 1 aliphatic heterocycles. The quantitative estimate of drug-likeness (QED) is 0.938. The molecule has 0 bridgehead atoms. The monoisotopic (exact) mass is 323 g/mol. The first-order chi connectivity index (χ1) is 9.31. The molecule has 6 heteroatoms. The molecular formula is C13H18BrN5. The second-order valence-corrected chi connectivity index (χ2v) is 5.99. The van der Waals surface area contributed by atoms with E-state index in [1.807, 2.05) is 23.3 Å². The third kappa shape index (κ3) is 3.25. The molecule has 0 unspecified atom stereocenters. The van der Waals surface area contributed by atoms with Crippen molar-refractivity contribution in [2.45, 2.75) is 25.3 Å². The lowest BCUT2D eigenvalue weighted by Crippen LogP contribution is -2.36. The summed E-state index contributed by atoms with van der Waals surface area (Å²) in [5.41, 5.74) is 1.27. The predicted octanol–water partition coefficient (Wildman–Crippen LogP) is 2.25. The van der Waals surface area contributed by atoms with Gasteiger partial charge in [-0.1, -0.05) is 0 Å². The van der Waals surface area contributed by atoms with Gasteiger partial charge in [0.1, 0.15) is 0 Å². The zero-order valence-corrected chi connectivity index (χ0v) is 12.4. The summed E-state index contributed by atoms with van der Waals surface area (Å²) in [4.78, 5) is 2.52. The Bertz CT molecular complexity index is 507. The summed E-state index contributed by atoms with van der Waals surface area (Å²) < 4.78 is 3.03. The second-order valence-electron chi connectivity index (χ2n) is 5.07. The maximum absolute atomic E-state index is 4.30. The molecule has 1 atom stereocenters. The maximum atomic E-state index is 4.30. The van der Waals surface area contributed by atoms with Crippen LogP contribution in [0.25, 0.3) is 0 Å².